The van der Waals surface area contributed by atoms with Crippen LogP contribution in [0, 0.1) is 0 Å². The average Bonchev–Trinajstić information content (AvgIpc) is 2.48. The van der Waals surface area contributed by atoms with Gasteiger partial charge in [0, 0.05) is 20.3 Å². The topological polar surface area (TPSA) is 62.5 Å². The third-order valence-electron chi connectivity index (χ3n) is 1.88. The van der Waals surface area contributed by atoms with Gasteiger partial charge in [0.1, 0.15) is 12.2 Å². The number of aliphatic carboxylic acids is 1. The fourth-order valence-corrected chi connectivity index (χ4v) is 1.15. The molecule has 1 heterocycles. The molecule has 0 aliphatic heterocycles. The van der Waals surface area contributed by atoms with Crippen LogP contribution in [0.4, 0.5) is 0 Å². The standard InChI is InChI=1S/C9H12N2O3/c1-10-5-3-4-7(10)9(14)11(2)6-8(12)13/h3-5H,6H2,1-2H3,(H,12,13). The largest absolute Gasteiger partial charge is 0.480 e. The first-order valence-corrected chi connectivity index (χ1v) is 4.11. The summed E-state index contributed by atoms with van der Waals surface area (Å²) in [5.74, 6) is -1.31. The van der Waals surface area contributed by atoms with Crippen LogP contribution >= 0.6 is 0 Å². The Morgan fingerprint density at radius 1 is 1.57 bits per heavy atom. The number of rotatable bonds is 3. The third kappa shape index (κ3) is 2.12. The Balaban J connectivity index is 2.76. The predicted octanol–water partition coefficient (Wildman–Crippen LogP) is 0.182. The van der Waals surface area contributed by atoms with Crippen molar-refractivity contribution in [3.8, 4) is 0 Å². The summed E-state index contributed by atoms with van der Waals surface area (Å²) in [5, 5.41) is 8.50. The Kier molecular flexibility index (Phi) is 2.91. The number of hydrogen-bond acceptors (Lipinski definition) is 2. The minimum absolute atomic E-state index is 0.288. The quantitative estimate of drug-likeness (QED) is 0.750. The van der Waals surface area contributed by atoms with Crippen molar-refractivity contribution in [3.05, 3.63) is 24.0 Å². The van der Waals surface area contributed by atoms with Crippen molar-refractivity contribution in [2.45, 2.75) is 0 Å². The van der Waals surface area contributed by atoms with Gasteiger partial charge >= 0.3 is 5.97 Å². The number of likely N-dealkylation sites (N-methyl/N-ethyl adjacent to an activating group) is 1. The highest BCUT2D eigenvalue weighted by atomic mass is 16.4. The van der Waals surface area contributed by atoms with Gasteiger partial charge in [-0.25, -0.2) is 0 Å². The number of carbonyl (C=O) groups excluding carboxylic acids is 1. The van der Waals surface area contributed by atoms with Crippen LogP contribution in [0.2, 0.25) is 0 Å². The van der Waals surface area contributed by atoms with E-state index < -0.39 is 5.97 Å². The zero-order valence-electron chi connectivity index (χ0n) is 8.10. The van der Waals surface area contributed by atoms with Crippen molar-refractivity contribution >= 4 is 11.9 Å². The Bertz CT molecular complexity index is 357. The smallest absolute Gasteiger partial charge is 0.323 e. The lowest BCUT2D eigenvalue weighted by Crippen LogP contribution is -2.32. The van der Waals surface area contributed by atoms with Crippen LogP contribution < -0.4 is 0 Å². The average molecular weight is 196 g/mol. The van der Waals surface area contributed by atoms with E-state index in [0.717, 1.165) is 4.90 Å². The van der Waals surface area contributed by atoms with Gasteiger partial charge < -0.3 is 14.6 Å². The van der Waals surface area contributed by atoms with Crippen LogP contribution in [-0.4, -0.2) is 40.0 Å². The molecule has 0 aromatic carbocycles. The third-order valence-corrected chi connectivity index (χ3v) is 1.88. The van der Waals surface area contributed by atoms with Crippen LogP contribution in [0.15, 0.2) is 18.3 Å². The maximum Gasteiger partial charge on any atom is 0.323 e. The van der Waals surface area contributed by atoms with E-state index in [9.17, 15) is 9.59 Å². The summed E-state index contributed by atoms with van der Waals surface area (Å²) in [6.07, 6.45) is 1.74. The predicted molar refractivity (Wildman–Crippen MR) is 50.0 cm³/mol. The molecule has 1 N–H and O–H groups in total. The van der Waals surface area contributed by atoms with E-state index >= 15 is 0 Å². The van der Waals surface area contributed by atoms with Crippen LogP contribution in [0.5, 0.6) is 0 Å². The van der Waals surface area contributed by atoms with Gasteiger partial charge in [-0.15, -0.1) is 0 Å². The molecule has 0 unspecified atom stereocenters. The highest BCUT2D eigenvalue weighted by molar-refractivity contribution is 5.94. The number of hydrogen-bond donors (Lipinski definition) is 1. The molecule has 1 aromatic rings. The zero-order chi connectivity index (χ0) is 10.7. The number of aromatic nitrogens is 1. The number of carbonyl (C=O) groups is 2. The second-order valence-corrected chi connectivity index (χ2v) is 3.06. The van der Waals surface area contributed by atoms with Gasteiger partial charge in [-0.1, -0.05) is 0 Å². The minimum atomic E-state index is -1.02. The van der Waals surface area contributed by atoms with Crippen molar-refractivity contribution in [3.63, 3.8) is 0 Å². The van der Waals surface area contributed by atoms with Crippen molar-refractivity contribution in [2.24, 2.45) is 7.05 Å². The number of nitrogens with zero attached hydrogens (tertiary/aromatic N) is 2. The highest BCUT2D eigenvalue weighted by Gasteiger charge is 2.15. The van der Waals surface area contributed by atoms with Crippen molar-refractivity contribution in [1.29, 1.82) is 0 Å². The van der Waals surface area contributed by atoms with E-state index in [4.69, 9.17) is 5.11 Å². The highest BCUT2D eigenvalue weighted by Crippen LogP contribution is 2.03. The molecule has 0 saturated carbocycles. The Hall–Kier alpha value is -1.78. The summed E-state index contributed by atoms with van der Waals surface area (Å²) in [5.41, 5.74) is 0.480. The summed E-state index contributed by atoms with van der Waals surface area (Å²) < 4.78 is 1.65. The number of carboxylic acids is 1. The van der Waals surface area contributed by atoms with Crippen molar-refractivity contribution in [1.82, 2.24) is 9.47 Å². The van der Waals surface area contributed by atoms with E-state index in [1.807, 2.05) is 0 Å². The van der Waals surface area contributed by atoms with Crippen molar-refractivity contribution in [2.75, 3.05) is 13.6 Å². The molecule has 0 atom stereocenters. The van der Waals surface area contributed by atoms with Crippen LogP contribution in [0.1, 0.15) is 10.5 Å². The van der Waals surface area contributed by atoms with Gasteiger partial charge in [0.15, 0.2) is 0 Å². The van der Waals surface area contributed by atoms with Gasteiger partial charge in [-0.3, -0.25) is 9.59 Å². The molecule has 76 valence electrons. The zero-order valence-corrected chi connectivity index (χ0v) is 8.10. The fourth-order valence-electron chi connectivity index (χ4n) is 1.15. The number of amides is 1. The SMILES string of the molecule is CN(CC(=O)O)C(=O)c1cccn1C. The summed E-state index contributed by atoms with van der Waals surface area (Å²) in [7, 11) is 3.20. The van der Waals surface area contributed by atoms with E-state index in [2.05, 4.69) is 0 Å². The molecular formula is C9H12N2O3. The van der Waals surface area contributed by atoms with Gasteiger partial charge in [-0.05, 0) is 12.1 Å². The molecule has 1 aromatic heterocycles. The molecule has 0 bridgehead atoms. The molecule has 14 heavy (non-hydrogen) atoms. The van der Waals surface area contributed by atoms with Crippen LogP contribution in [0.3, 0.4) is 0 Å². The first-order chi connectivity index (χ1) is 6.52. The lowest BCUT2D eigenvalue weighted by Gasteiger charge is -2.14. The Morgan fingerprint density at radius 2 is 2.21 bits per heavy atom. The maximum absolute atomic E-state index is 11.6. The molecular weight excluding hydrogens is 184 g/mol. The van der Waals surface area contributed by atoms with Crippen molar-refractivity contribution < 1.29 is 14.7 Å². The first-order valence-electron chi connectivity index (χ1n) is 4.11. The normalized spacial score (nSPS) is 9.86. The summed E-state index contributed by atoms with van der Waals surface area (Å²) >= 11 is 0. The Labute approximate surface area is 81.6 Å². The van der Waals surface area contributed by atoms with Gasteiger partial charge in [0.05, 0.1) is 0 Å². The lowest BCUT2D eigenvalue weighted by molar-refractivity contribution is -0.137. The van der Waals surface area contributed by atoms with E-state index in [1.165, 1.54) is 7.05 Å². The Morgan fingerprint density at radius 3 is 2.64 bits per heavy atom. The van der Waals surface area contributed by atoms with E-state index in [-0.39, 0.29) is 12.5 Å². The second-order valence-electron chi connectivity index (χ2n) is 3.06. The number of aryl methyl sites for hydroxylation is 1. The number of carboxylic acid groups (broad SMARTS) is 1. The van der Waals surface area contributed by atoms with Gasteiger partial charge in [0.25, 0.3) is 5.91 Å². The molecule has 5 nitrogen and oxygen atoms in total. The second kappa shape index (κ2) is 3.95. The van der Waals surface area contributed by atoms with E-state index in [0.29, 0.717) is 5.69 Å². The van der Waals surface area contributed by atoms with Crippen LogP contribution in [0.25, 0.3) is 0 Å². The first kappa shape index (κ1) is 10.3. The molecule has 0 spiro atoms. The molecule has 0 aliphatic rings. The summed E-state index contributed by atoms with van der Waals surface area (Å²) in [6, 6.07) is 3.39. The van der Waals surface area contributed by atoms with Crippen LogP contribution in [-0.2, 0) is 11.8 Å². The minimum Gasteiger partial charge on any atom is -0.480 e. The molecule has 0 aliphatic carbocycles. The van der Waals surface area contributed by atoms with Gasteiger partial charge in [0.2, 0.25) is 0 Å². The van der Waals surface area contributed by atoms with E-state index in [1.54, 1.807) is 29.9 Å². The lowest BCUT2D eigenvalue weighted by atomic mass is 10.3. The maximum atomic E-state index is 11.6. The molecule has 0 radical (unpaired) electrons. The molecule has 1 rings (SSSR count). The fraction of sp³-hybridized carbons (Fsp3) is 0.333. The van der Waals surface area contributed by atoms with Gasteiger partial charge in [-0.2, -0.15) is 0 Å². The molecule has 0 fully saturated rings. The molecule has 5 heteroatoms. The summed E-state index contributed by atoms with van der Waals surface area (Å²) in [4.78, 5) is 23.1. The molecule has 1 amide bonds. The summed E-state index contributed by atoms with van der Waals surface area (Å²) in [6.45, 7) is -0.288. The monoisotopic (exact) mass is 196 g/mol. The molecule has 0 saturated heterocycles.